The van der Waals surface area contributed by atoms with Crippen molar-refractivity contribution in [2.45, 2.75) is 33.2 Å². The van der Waals surface area contributed by atoms with Crippen molar-refractivity contribution in [3.05, 3.63) is 23.9 Å². The second-order valence-corrected chi connectivity index (χ2v) is 4.20. The smallest absolute Gasteiger partial charge is 0.129 e. The molecule has 0 spiro atoms. The second-order valence-electron chi connectivity index (χ2n) is 4.20. The van der Waals surface area contributed by atoms with Crippen molar-refractivity contribution in [1.29, 1.82) is 5.41 Å². The lowest BCUT2D eigenvalue weighted by Gasteiger charge is -2.27. The van der Waals surface area contributed by atoms with Crippen LogP contribution in [-0.4, -0.2) is 23.4 Å². The van der Waals surface area contributed by atoms with E-state index in [9.17, 15) is 0 Å². The number of aryl methyl sites for hydroxylation is 1. The average Bonchev–Trinajstić information content (AvgIpc) is 2.17. The van der Waals surface area contributed by atoms with Crippen LogP contribution in [0.1, 0.15) is 26.0 Å². The molecule has 3 N–H and O–H groups in total. The molecular formula is C12H20N4. The molecule has 88 valence electrons. The molecule has 4 heteroatoms. The minimum Gasteiger partial charge on any atom is -0.388 e. The van der Waals surface area contributed by atoms with Gasteiger partial charge in [0.1, 0.15) is 5.82 Å². The summed E-state index contributed by atoms with van der Waals surface area (Å²) in [6.45, 7) is 6.95. The minimum atomic E-state index is 0.221. The Hall–Kier alpha value is -1.58. The summed E-state index contributed by atoms with van der Waals surface area (Å²) in [7, 11) is 0. The van der Waals surface area contributed by atoms with Gasteiger partial charge in [0, 0.05) is 24.7 Å². The summed E-state index contributed by atoms with van der Waals surface area (Å²) in [5.41, 5.74) is 6.39. The number of hydrogen-bond donors (Lipinski definition) is 2. The van der Waals surface area contributed by atoms with Crippen molar-refractivity contribution >= 4 is 11.7 Å². The number of pyridine rings is 1. The van der Waals surface area contributed by atoms with Gasteiger partial charge in [0.2, 0.25) is 0 Å². The molecule has 0 saturated heterocycles. The maximum absolute atomic E-state index is 7.26. The van der Waals surface area contributed by atoms with Gasteiger partial charge in [-0.05, 0) is 32.9 Å². The number of nitrogens with zero attached hydrogens (tertiary/aromatic N) is 2. The number of aromatic nitrogens is 1. The first-order valence-electron chi connectivity index (χ1n) is 5.54. The van der Waals surface area contributed by atoms with Crippen LogP contribution in [-0.2, 0) is 0 Å². The van der Waals surface area contributed by atoms with Gasteiger partial charge in [0.15, 0.2) is 0 Å². The highest BCUT2D eigenvalue weighted by molar-refractivity contribution is 5.77. The van der Waals surface area contributed by atoms with Crippen LogP contribution >= 0.6 is 0 Å². The van der Waals surface area contributed by atoms with Crippen LogP contribution in [0.25, 0.3) is 0 Å². The third-order valence-corrected chi connectivity index (χ3v) is 2.41. The van der Waals surface area contributed by atoms with Crippen LogP contribution in [0.4, 0.5) is 5.82 Å². The fourth-order valence-electron chi connectivity index (χ4n) is 1.57. The molecule has 0 unspecified atom stereocenters. The average molecular weight is 220 g/mol. The highest BCUT2D eigenvalue weighted by Crippen LogP contribution is 2.14. The van der Waals surface area contributed by atoms with E-state index in [1.54, 1.807) is 0 Å². The Morgan fingerprint density at radius 3 is 2.69 bits per heavy atom. The van der Waals surface area contributed by atoms with Gasteiger partial charge in [0.25, 0.3) is 0 Å². The van der Waals surface area contributed by atoms with Crippen molar-refractivity contribution < 1.29 is 0 Å². The molecule has 0 aliphatic heterocycles. The van der Waals surface area contributed by atoms with Gasteiger partial charge in [-0.25, -0.2) is 4.98 Å². The van der Waals surface area contributed by atoms with E-state index >= 15 is 0 Å². The monoisotopic (exact) mass is 220 g/mol. The Labute approximate surface area is 97.0 Å². The lowest BCUT2D eigenvalue weighted by molar-refractivity contribution is 0.678. The molecule has 0 aromatic carbocycles. The van der Waals surface area contributed by atoms with E-state index in [1.807, 2.05) is 25.1 Å². The number of nitrogens with one attached hydrogen (secondary N) is 1. The summed E-state index contributed by atoms with van der Waals surface area (Å²) < 4.78 is 0. The quantitative estimate of drug-likeness (QED) is 0.588. The minimum absolute atomic E-state index is 0.221. The lowest BCUT2D eigenvalue weighted by Crippen LogP contribution is -2.34. The topological polar surface area (TPSA) is 66.0 Å². The number of amidine groups is 1. The van der Waals surface area contributed by atoms with Gasteiger partial charge in [-0.3, -0.25) is 5.41 Å². The number of nitrogens with two attached hydrogens (primary N) is 1. The molecular weight excluding hydrogens is 200 g/mol. The van der Waals surface area contributed by atoms with Gasteiger partial charge in [-0.15, -0.1) is 0 Å². The molecule has 16 heavy (non-hydrogen) atoms. The SMILES string of the molecule is Cc1cccc(N(CCC(=N)N)C(C)C)n1. The third kappa shape index (κ3) is 3.53. The van der Waals surface area contributed by atoms with Crippen LogP contribution in [0.15, 0.2) is 18.2 Å². The van der Waals surface area contributed by atoms with E-state index < -0.39 is 0 Å². The zero-order valence-corrected chi connectivity index (χ0v) is 10.2. The normalized spacial score (nSPS) is 10.5. The summed E-state index contributed by atoms with van der Waals surface area (Å²) >= 11 is 0. The molecule has 1 aromatic rings. The van der Waals surface area contributed by atoms with Crippen LogP contribution in [0, 0.1) is 12.3 Å². The number of hydrogen-bond acceptors (Lipinski definition) is 3. The van der Waals surface area contributed by atoms with Gasteiger partial charge >= 0.3 is 0 Å². The molecule has 1 aromatic heterocycles. The Morgan fingerprint density at radius 1 is 1.50 bits per heavy atom. The van der Waals surface area contributed by atoms with Gasteiger partial charge < -0.3 is 10.6 Å². The summed E-state index contributed by atoms with van der Waals surface area (Å²) in [5.74, 6) is 1.18. The van der Waals surface area contributed by atoms with Gasteiger partial charge in [-0.1, -0.05) is 6.07 Å². The standard InChI is InChI=1S/C12H20N4/c1-9(2)16(8-7-11(13)14)12-6-4-5-10(3)15-12/h4-6,9H,7-8H2,1-3H3,(H3,13,14). The van der Waals surface area contributed by atoms with Crippen molar-refractivity contribution in [2.24, 2.45) is 5.73 Å². The fourth-order valence-corrected chi connectivity index (χ4v) is 1.57. The van der Waals surface area contributed by atoms with Gasteiger partial charge in [0.05, 0.1) is 5.84 Å². The van der Waals surface area contributed by atoms with E-state index in [4.69, 9.17) is 11.1 Å². The number of anilines is 1. The maximum Gasteiger partial charge on any atom is 0.129 e. The number of rotatable bonds is 5. The van der Waals surface area contributed by atoms with Crippen molar-refractivity contribution in [2.75, 3.05) is 11.4 Å². The summed E-state index contributed by atoms with van der Waals surface area (Å²) in [5, 5.41) is 7.26. The molecule has 0 fully saturated rings. The lowest BCUT2D eigenvalue weighted by atomic mass is 10.2. The van der Waals surface area contributed by atoms with Crippen molar-refractivity contribution in [3.63, 3.8) is 0 Å². The first kappa shape index (κ1) is 12.5. The van der Waals surface area contributed by atoms with E-state index in [2.05, 4.69) is 23.7 Å². The van der Waals surface area contributed by atoms with Crippen LogP contribution < -0.4 is 10.6 Å². The molecule has 0 amide bonds. The van der Waals surface area contributed by atoms with E-state index in [-0.39, 0.29) is 5.84 Å². The predicted octanol–water partition coefficient (Wildman–Crippen LogP) is 1.93. The van der Waals surface area contributed by atoms with Gasteiger partial charge in [-0.2, -0.15) is 0 Å². The second kappa shape index (κ2) is 5.49. The van der Waals surface area contributed by atoms with E-state index in [1.165, 1.54) is 0 Å². The largest absolute Gasteiger partial charge is 0.388 e. The summed E-state index contributed by atoms with van der Waals surface area (Å²) in [6, 6.07) is 6.33. The zero-order valence-electron chi connectivity index (χ0n) is 10.2. The molecule has 1 rings (SSSR count). The molecule has 0 aliphatic rings. The van der Waals surface area contributed by atoms with Crippen molar-refractivity contribution in [1.82, 2.24) is 4.98 Å². The molecule has 1 heterocycles. The molecule has 4 nitrogen and oxygen atoms in total. The summed E-state index contributed by atoms with van der Waals surface area (Å²) in [4.78, 5) is 6.65. The highest BCUT2D eigenvalue weighted by Gasteiger charge is 2.11. The molecule has 0 saturated carbocycles. The van der Waals surface area contributed by atoms with Crippen molar-refractivity contribution in [3.8, 4) is 0 Å². The zero-order chi connectivity index (χ0) is 12.1. The van der Waals surface area contributed by atoms with E-state index in [0.29, 0.717) is 12.5 Å². The van der Waals surface area contributed by atoms with E-state index in [0.717, 1.165) is 18.1 Å². The maximum atomic E-state index is 7.26. The molecule has 0 aliphatic carbocycles. The fraction of sp³-hybridized carbons (Fsp3) is 0.500. The van der Waals surface area contributed by atoms with Crippen LogP contribution in [0.3, 0.4) is 0 Å². The Balaban J connectivity index is 2.81. The van der Waals surface area contributed by atoms with Crippen LogP contribution in [0.5, 0.6) is 0 Å². The first-order valence-corrected chi connectivity index (χ1v) is 5.54. The Kier molecular flexibility index (Phi) is 4.28. The third-order valence-electron chi connectivity index (χ3n) is 2.41. The molecule has 0 atom stereocenters. The molecule has 0 radical (unpaired) electrons. The highest BCUT2D eigenvalue weighted by atomic mass is 15.2. The predicted molar refractivity (Wildman–Crippen MR) is 68.0 cm³/mol. The molecule has 0 bridgehead atoms. The first-order chi connectivity index (χ1) is 7.50. The van der Waals surface area contributed by atoms with Crippen LogP contribution in [0.2, 0.25) is 0 Å². The Bertz CT molecular complexity index is 360. The Morgan fingerprint density at radius 2 is 2.19 bits per heavy atom. The summed E-state index contributed by atoms with van der Waals surface area (Å²) in [6.07, 6.45) is 0.577.